The highest BCUT2D eigenvalue weighted by Crippen LogP contribution is 2.24. The fraction of sp³-hybridized carbons (Fsp3) is 0.929. The van der Waals surface area contributed by atoms with E-state index in [9.17, 15) is 35.4 Å². The third-order valence-electron chi connectivity index (χ3n) is 4.36. The molecule has 12 nitrogen and oxygen atoms in total. The van der Waals surface area contributed by atoms with Gasteiger partial charge in [0.15, 0.2) is 12.6 Å². The van der Waals surface area contributed by atoms with Crippen LogP contribution >= 0.6 is 0 Å². The first-order chi connectivity index (χ1) is 12.2. The van der Waals surface area contributed by atoms with Gasteiger partial charge in [0.05, 0.1) is 13.2 Å². The molecule has 0 aromatic heterocycles. The van der Waals surface area contributed by atoms with Gasteiger partial charge in [-0.2, -0.15) is 0 Å². The highest BCUT2D eigenvalue weighted by atomic mass is 16.7. The Bertz CT molecular complexity index is 478. The van der Waals surface area contributed by atoms with Crippen molar-refractivity contribution in [1.82, 2.24) is 5.32 Å². The van der Waals surface area contributed by atoms with Crippen LogP contribution in [-0.2, 0) is 19.0 Å². The summed E-state index contributed by atoms with van der Waals surface area (Å²) in [5, 5.41) is 70.6. The lowest BCUT2D eigenvalue weighted by Crippen LogP contribution is -2.64. The zero-order chi connectivity index (χ0) is 19.6. The maximum Gasteiger partial charge on any atom is 0.217 e. The minimum atomic E-state index is -1.64. The van der Waals surface area contributed by atoms with Crippen LogP contribution in [-0.4, -0.2) is 116 Å². The van der Waals surface area contributed by atoms with Crippen LogP contribution in [0.2, 0.25) is 0 Å². The second-order valence-corrected chi connectivity index (χ2v) is 6.30. The van der Waals surface area contributed by atoms with Crippen LogP contribution in [0.4, 0.5) is 0 Å². The summed E-state index contributed by atoms with van der Waals surface area (Å²) in [6.45, 7) is 0.0636. The Labute approximate surface area is 148 Å². The molecular weight excluding hydrogens is 358 g/mol. The minimum Gasteiger partial charge on any atom is -0.394 e. The van der Waals surface area contributed by atoms with Crippen molar-refractivity contribution >= 4 is 5.91 Å². The molecule has 152 valence electrons. The number of carbonyl (C=O) groups is 1. The van der Waals surface area contributed by atoms with E-state index in [1.165, 1.54) is 6.92 Å². The number of rotatable bonds is 5. The first kappa shape index (κ1) is 21.4. The van der Waals surface area contributed by atoms with Gasteiger partial charge in [0.2, 0.25) is 5.91 Å². The van der Waals surface area contributed by atoms with Gasteiger partial charge in [0.25, 0.3) is 0 Å². The monoisotopic (exact) mass is 383 g/mol. The zero-order valence-electron chi connectivity index (χ0n) is 14.0. The van der Waals surface area contributed by atoms with Crippen molar-refractivity contribution in [2.45, 2.75) is 68.3 Å². The van der Waals surface area contributed by atoms with Gasteiger partial charge < -0.3 is 55.3 Å². The molecule has 8 N–H and O–H groups in total. The summed E-state index contributed by atoms with van der Waals surface area (Å²) in [7, 11) is 0. The molecule has 0 unspecified atom stereocenters. The number of aliphatic hydroxyl groups is 7. The standard InChI is InChI=1S/C14H25NO11/c1-4(17)15-7-10(20)9(19)6(25-13(7)23)3-24-14-12(22)11(21)8(18)5(2-16)26-14/h5-14,16,18-23H,2-3H2,1H3,(H,15,17)/t5-,6+,7-,8-,9-,10+,11-,12-,13+,14+/m0/s1. The van der Waals surface area contributed by atoms with E-state index in [1.807, 2.05) is 0 Å². The molecule has 0 aliphatic carbocycles. The van der Waals surface area contributed by atoms with E-state index in [4.69, 9.17) is 19.3 Å². The van der Waals surface area contributed by atoms with Gasteiger partial charge in [0, 0.05) is 6.92 Å². The van der Waals surface area contributed by atoms with Crippen LogP contribution in [0.25, 0.3) is 0 Å². The molecule has 0 aromatic carbocycles. The summed E-state index contributed by atoms with van der Waals surface area (Å²) in [6.07, 6.45) is -13.4. The number of ether oxygens (including phenoxy) is 3. The van der Waals surface area contributed by atoms with E-state index in [1.54, 1.807) is 0 Å². The molecular formula is C14H25NO11. The number of aliphatic hydroxyl groups excluding tert-OH is 7. The predicted molar refractivity (Wildman–Crippen MR) is 80.2 cm³/mol. The highest BCUT2D eigenvalue weighted by Gasteiger charge is 2.47. The van der Waals surface area contributed by atoms with Gasteiger partial charge in [-0.1, -0.05) is 0 Å². The second-order valence-electron chi connectivity index (χ2n) is 6.30. The lowest BCUT2D eigenvalue weighted by atomic mass is 9.97. The number of hydrogen-bond acceptors (Lipinski definition) is 11. The summed E-state index contributed by atoms with van der Waals surface area (Å²) in [5.41, 5.74) is 0. The number of nitrogens with one attached hydrogen (secondary N) is 1. The first-order valence-corrected chi connectivity index (χ1v) is 8.06. The molecule has 1 amide bonds. The van der Waals surface area contributed by atoms with Crippen LogP contribution in [0.1, 0.15) is 6.92 Å². The average Bonchev–Trinajstić information content (AvgIpc) is 2.59. The average molecular weight is 383 g/mol. The summed E-state index contributed by atoms with van der Waals surface area (Å²) in [5.74, 6) is -0.542. The van der Waals surface area contributed by atoms with Crippen molar-refractivity contribution < 1.29 is 54.8 Å². The van der Waals surface area contributed by atoms with Crippen molar-refractivity contribution in [2.75, 3.05) is 13.2 Å². The van der Waals surface area contributed by atoms with E-state index >= 15 is 0 Å². The van der Waals surface area contributed by atoms with Crippen LogP contribution in [0.15, 0.2) is 0 Å². The van der Waals surface area contributed by atoms with Crippen LogP contribution in [0, 0.1) is 0 Å². The normalized spacial score (nSPS) is 46.8. The van der Waals surface area contributed by atoms with Crippen molar-refractivity contribution in [2.24, 2.45) is 0 Å². The second kappa shape index (κ2) is 8.84. The molecule has 10 atom stereocenters. The third kappa shape index (κ3) is 4.48. The smallest absolute Gasteiger partial charge is 0.217 e. The van der Waals surface area contributed by atoms with Gasteiger partial charge in [0.1, 0.15) is 48.8 Å². The molecule has 0 saturated carbocycles. The third-order valence-corrected chi connectivity index (χ3v) is 4.36. The number of amides is 1. The van der Waals surface area contributed by atoms with Crippen molar-refractivity contribution in [3.63, 3.8) is 0 Å². The van der Waals surface area contributed by atoms with Gasteiger partial charge in [-0.15, -0.1) is 0 Å². The van der Waals surface area contributed by atoms with Gasteiger partial charge in [-0.25, -0.2) is 0 Å². The maximum atomic E-state index is 11.1. The Hall–Kier alpha value is -0.930. The predicted octanol–water partition coefficient (Wildman–Crippen LogP) is -5.25. The highest BCUT2D eigenvalue weighted by molar-refractivity contribution is 5.73. The fourth-order valence-electron chi connectivity index (χ4n) is 2.87. The van der Waals surface area contributed by atoms with E-state index < -0.39 is 80.5 Å². The lowest BCUT2D eigenvalue weighted by Gasteiger charge is -2.42. The summed E-state index contributed by atoms with van der Waals surface area (Å²) >= 11 is 0. The number of carbonyl (C=O) groups excluding carboxylic acids is 1. The van der Waals surface area contributed by atoms with Gasteiger partial charge in [-0.05, 0) is 0 Å². The molecule has 26 heavy (non-hydrogen) atoms. The fourth-order valence-corrected chi connectivity index (χ4v) is 2.87. The Morgan fingerprint density at radius 3 is 2.12 bits per heavy atom. The molecule has 2 saturated heterocycles. The lowest BCUT2D eigenvalue weighted by molar-refractivity contribution is -0.318. The first-order valence-electron chi connectivity index (χ1n) is 8.06. The van der Waals surface area contributed by atoms with Gasteiger partial charge in [-0.3, -0.25) is 4.79 Å². The number of hydrogen-bond donors (Lipinski definition) is 8. The summed E-state index contributed by atoms with van der Waals surface area (Å²) in [4.78, 5) is 11.1. The van der Waals surface area contributed by atoms with Crippen LogP contribution in [0.3, 0.4) is 0 Å². The maximum absolute atomic E-state index is 11.1. The Balaban J connectivity index is 1.95. The molecule has 2 heterocycles. The van der Waals surface area contributed by atoms with E-state index in [0.29, 0.717) is 0 Å². The van der Waals surface area contributed by atoms with Crippen molar-refractivity contribution in [3.8, 4) is 0 Å². The molecule has 0 bridgehead atoms. The quantitative estimate of drug-likeness (QED) is 0.226. The minimum absolute atomic E-state index is 0.467. The summed E-state index contributed by atoms with van der Waals surface area (Å²) < 4.78 is 15.5. The molecule has 2 aliphatic heterocycles. The van der Waals surface area contributed by atoms with Crippen molar-refractivity contribution in [1.29, 1.82) is 0 Å². The van der Waals surface area contributed by atoms with Crippen molar-refractivity contribution in [3.05, 3.63) is 0 Å². The molecule has 0 aromatic rings. The van der Waals surface area contributed by atoms with Gasteiger partial charge >= 0.3 is 0 Å². The molecule has 0 spiro atoms. The zero-order valence-corrected chi connectivity index (χ0v) is 14.0. The van der Waals surface area contributed by atoms with Crippen LogP contribution < -0.4 is 5.32 Å². The molecule has 12 heteroatoms. The van der Waals surface area contributed by atoms with Crippen LogP contribution in [0.5, 0.6) is 0 Å². The Kier molecular flexibility index (Phi) is 7.27. The topological polar surface area (TPSA) is 198 Å². The molecule has 2 rings (SSSR count). The Morgan fingerprint density at radius 2 is 1.54 bits per heavy atom. The molecule has 0 radical (unpaired) electrons. The SMILES string of the molecule is CC(=O)N[C@H]1[C@@H](O)[C@@H](O)[C@@H](CO[C@@H]2O[C@@H](CO)[C@H](O)[C@H](O)[C@@H]2O)O[C@H]1O. The Morgan fingerprint density at radius 1 is 0.923 bits per heavy atom. The van der Waals surface area contributed by atoms with E-state index in [-0.39, 0.29) is 0 Å². The largest absolute Gasteiger partial charge is 0.394 e. The summed E-state index contributed by atoms with van der Waals surface area (Å²) in [6, 6.07) is -1.24. The van der Waals surface area contributed by atoms with E-state index in [2.05, 4.69) is 5.32 Å². The molecule has 2 aliphatic rings. The molecule has 2 fully saturated rings. The van der Waals surface area contributed by atoms with E-state index in [0.717, 1.165) is 0 Å².